The number of unbranched alkanes of at least 4 members (excludes halogenated alkanes) is 26. The molecule has 1 aliphatic heterocycles. The molecule has 1 heterocycles. The van der Waals surface area contributed by atoms with Gasteiger partial charge in [0.25, 0.3) is 0 Å². The minimum absolute atomic E-state index is 0.192. The van der Waals surface area contributed by atoms with Crippen LogP contribution < -0.4 is 5.32 Å². The first-order valence-electron chi connectivity index (χ1n) is 24.2. The van der Waals surface area contributed by atoms with E-state index in [0.717, 1.165) is 51.4 Å². The molecular formula is C49H91NO8. The zero-order valence-electron chi connectivity index (χ0n) is 37.3. The van der Waals surface area contributed by atoms with Crippen LogP contribution >= 0.6 is 0 Å². The predicted molar refractivity (Wildman–Crippen MR) is 240 cm³/mol. The van der Waals surface area contributed by atoms with E-state index < -0.39 is 49.5 Å². The van der Waals surface area contributed by atoms with Crippen LogP contribution in [0.25, 0.3) is 0 Å². The standard InChI is InChI=1S/C49H91NO8/c1-3-5-7-9-11-13-15-17-19-20-21-22-23-25-26-28-30-32-34-36-38-43(52)42(41-57-49-48(56)47(55)46(54)44(40-51)58-49)50-45(53)39-37-35-33-31-29-27-24-18-16-14-12-10-8-6-4-2/h14,16,28,30,36,38,42-44,46-49,51-52,54-56H,3-13,15,17-27,29,31-35,37,39-41H2,1-2H3,(H,50,53)/b16-14-,30-28+,38-36+. The number of ether oxygens (including phenoxy) is 2. The van der Waals surface area contributed by atoms with Gasteiger partial charge in [0.15, 0.2) is 6.29 Å². The van der Waals surface area contributed by atoms with Crippen molar-refractivity contribution in [1.29, 1.82) is 0 Å². The van der Waals surface area contributed by atoms with E-state index in [1.165, 1.54) is 141 Å². The Morgan fingerprint density at radius 1 is 0.569 bits per heavy atom. The van der Waals surface area contributed by atoms with Crippen molar-refractivity contribution in [3.63, 3.8) is 0 Å². The Balaban J connectivity index is 2.36. The first kappa shape index (κ1) is 54.4. The minimum atomic E-state index is -1.57. The van der Waals surface area contributed by atoms with Gasteiger partial charge in [0.2, 0.25) is 5.91 Å². The summed E-state index contributed by atoms with van der Waals surface area (Å²) >= 11 is 0. The third kappa shape index (κ3) is 29.6. The van der Waals surface area contributed by atoms with Crippen LogP contribution in [-0.2, 0) is 14.3 Å². The number of hydrogen-bond acceptors (Lipinski definition) is 8. The molecular weight excluding hydrogens is 731 g/mol. The van der Waals surface area contributed by atoms with Crippen molar-refractivity contribution in [2.24, 2.45) is 0 Å². The molecule has 0 aromatic rings. The van der Waals surface area contributed by atoms with Crippen molar-refractivity contribution >= 4 is 5.91 Å². The molecule has 9 nitrogen and oxygen atoms in total. The van der Waals surface area contributed by atoms with E-state index in [4.69, 9.17) is 9.47 Å². The molecule has 0 radical (unpaired) electrons. The van der Waals surface area contributed by atoms with Gasteiger partial charge in [0, 0.05) is 6.42 Å². The first-order chi connectivity index (χ1) is 28.3. The average molecular weight is 822 g/mol. The van der Waals surface area contributed by atoms with E-state index >= 15 is 0 Å². The number of carbonyl (C=O) groups is 1. The second-order valence-electron chi connectivity index (χ2n) is 16.9. The van der Waals surface area contributed by atoms with Crippen molar-refractivity contribution in [2.45, 2.75) is 256 Å². The zero-order chi connectivity index (χ0) is 42.3. The summed E-state index contributed by atoms with van der Waals surface area (Å²) in [7, 11) is 0. The zero-order valence-corrected chi connectivity index (χ0v) is 37.3. The molecule has 1 rings (SSSR count). The fourth-order valence-corrected chi connectivity index (χ4v) is 7.52. The average Bonchev–Trinajstić information content (AvgIpc) is 3.22. The molecule has 9 heteroatoms. The van der Waals surface area contributed by atoms with Gasteiger partial charge in [-0.1, -0.05) is 185 Å². The number of amides is 1. The largest absolute Gasteiger partial charge is 0.394 e. The van der Waals surface area contributed by atoms with Gasteiger partial charge >= 0.3 is 0 Å². The van der Waals surface area contributed by atoms with Gasteiger partial charge in [0.05, 0.1) is 25.4 Å². The van der Waals surface area contributed by atoms with Crippen LogP contribution in [0.5, 0.6) is 0 Å². The van der Waals surface area contributed by atoms with Crippen LogP contribution in [-0.4, -0.2) is 87.5 Å². The molecule has 7 unspecified atom stereocenters. The summed E-state index contributed by atoms with van der Waals surface area (Å²) in [5.41, 5.74) is 0. The van der Waals surface area contributed by atoms with Crippen LogP contribution in [0.3, 0.4) is 0 Å². The third-order valence-electron chi connectivity index (χ3n) is 11.4. The number of rotatable bonds is 40. The topological polar surface area (TPSA) is 149 Å². The molecule has 1 saturated heterocycles. The number of aliphatic hydroxyl groups is 5. The number of allylic oxidation sites excluding steroid dienone is 5. The normalized spacial score (nSPS) is 21.1. The molecule has 7 atom stereocenters. The highest BCUT2D eigenvalue weighted by molar-refractivity contribution is 5.76. The van der Waals surface area contributed by atoms with Gasteiger partial charge in [-0.15, -0.1) is 0 Å². The lowest BCUT2D eigenvalue weighted by molar-refractivity contribution is -0.302. The van der Waals surface area contributed by atoms with E-state index in [0.29, 0.717) is 6.42 Å². The predicted octanol–water partition coefficient (Wildman–Crippen LogP) is 10.5. The van der Waals surface area contributed by atoms with Crippen molar-refractivity contribution in [2.75, 3.05) is 13.2 Å². The lowest BCUT2D eigenvalue weighted by Gasteiger charge is -2.40. The van der Waals surface area contributed by atoms with E-state index in [1.54, 1.807) is 6.08 Å². The van der Waals surface area contributed by atoms with E-state index in [2.05, 4.69) is 43.5 Å². The summed E-state index contributed by atoms with van der Waals surface area (Å²) in [6.07, 6.45) is 41.9. The van der Waals surface area contributed by atoms with Gasteiger partial charge < -0.3 is 40.3 Å². The van der Waals surface area contributed by atoms with Gasteiger partial charge in [0.1, 0.15) is 24.4 Å². The molecule has 340 valence electrons. The van der Waals surface area contributed by atoms with Gasteiger partial charge in [-0.3, -0.25) is 4.79 Å². The molecule has 0 aromatic heterocycles. The fraction of sp³-hybridized carbons (Fsp3) is 0.857. The maximum absolute atomic E-state index is 13.0. The molecule has 1 fully saturated rings. The summed E-state index contributed by atoms with van der Waals surface area (Å²) in [6.45, 7) is 3.75. The Morgan fingerprint density at radius 3 is 1.47 bits per heavy atom. The second kappa shape index (κ2) is 39.5. The van der Waals surface area contributed by atoms with Crippen LogP contribution in [0.1, 0.15) is 213 Å². The monoisotopic (exact) mass is 822 g/mol. The molecule has 0 bridgehead atoms. The smallest absolute Gasteiger partial charge is 0.220 e. The highest BCUT2D eigenvalue weighted by atomic mass is 16.7. The number of hydrogen-bond donors (Lipinski definition) is 6. The van der Waals surface area contributed by atoms with Crippen molar-refractivity contribution < 1.29 is 39.8 Å². The Kier molecular flexibility index (Phi) is 37.1. The highest BCUT2D eigenvalue weighted by Crippen LogP contribution is 2.22. The molecule has 1 amide bonds. The molecule has 0 spiro atoms. The minimum Gasteiger partial charge on any atom is -0.394 e. The maximum atomic E-state index is 13.0. The van der Waals surface area contributed by atoms with Gasteiger partial charge in [-0.05, 0) is 57.8 Å². The summed E-state index contributed by atoms with van der Waals surface area (Å²) in [6, 6.07) is -0.822. The molecule has 0 aromatic carbocycles. The van der Waals surface area contributed by atoms with E-state index in [-0.39, 0.29) is 12.5 Å². The summed E-state index contributed by atoms with van der Waals surface area (Å²) in [5, 5.41) is 54.2. The molecule has 1 aliphatic rings. The van der Waals surface area contributed by atoms with Crippen molar-refractivity contribution in [3.05, 3.63) is 36.5 Å². The van der Waals surface area contributed by atoms with E-state index in [9.17, 15) is 30.3 Å². The van der Waals surface area contributed by atoms with Gasteiger partial charge in [-0.25, -0.2) is 0 Å². The lowest BCUT2D eigenvalue weighted by atomic mass is 9.99. The SMILES string of the molecule is CCCCCC/C=C\CCCCCCCCCC(=O)NC(COC1OC(CO)C(O)C(O)C1O)C(O)/C=C/CC/C=C/CCCCCCCCCCCCCCCC. The van der Waals surface area contributed by atoms with Crippen molar-refractivity contribution in [3.8, 4) is 0 Å². The Labute approximate surface area is 355 Å². The highest BCUT2D eigenvalue weighted by Gasteiger charge is 2.44. The number of aliphatic hydroxyl groups excluding tert-OH is 5. The van der Waals surface area contributed by atoms with Gasteiger partial charge in [-0.2, -0.15) is 0 Å². The Morgan fingerprint density at radius 2 is 0.983 bits per heavy atom. The molecule has 0 aliphatic carbocycles. The maximum Gasteiger partial charge on any atom is 0.220 e. The second-order valence-corrected chi connectivity index (χ2v) is 16.9. The Bertz CT molecular complexity index is 1000. The quantitative estimate of drug-likeness (QED) is 0.0264. The van der Waals surface area contributed by atoms with Crippen LogP contribution in [0.15, 0.2) is 36.5 Å². The van der Waals surface area contributed by atoms with Crippen LogP contribution in [0.2, 0.25) is 0 Å². The molecule has 6 N–H and O–H groups in total. The lowest BCUT2D eigenvalue weighted by Crippen LogP contribution is -2.60. The van der Waals surface area contributed by atoms with E-state index in [1.807, 2.05) is 6.08 Å². The fourth-order valence-electron chi connectivity index (χ4n) is 7.52. The third-order valence-corrected chi connectivity index (χ3v) is 11.4. The van der Waals surface area contributed by atoms with Crippen LogP contribution in [0, 0.1) is 0 Å². The number of carbonyl (C=O) groups excluding carboxylic acids is 1. The van der Waals surface area contributed by atoms with Crippen LogP contribution in [0.4, 0.5) is 0 Å². The first-order valence-corrected chi connectivity index (χ1v) is 24.2. The van der Waals surface area contributed by atoms with Crippen molar-refractivity contribution in [1.82, 2.24) is 5.32 Å². The Hall–Kier alpha value is -1.59. The molecule has 0 saturated carbocycles. The summed E-state index contributed by atoms with van der Waals surface area (Å²) in [5.74, 6) is -0.192. The number of nitrogens with one attached hydrogen (secondary N) is 1. The summed E-state index contributed by atoms with van der Waals surface area (Å²) in [4.78, 5) is 13.0. The molecule has 58 heavy (non-hydrogen) atoms. The summed E-state index contributed by atoms with van der Waals surface area (Å²) < 4.78 is 11.2.